The summed E-state index contributed by atoms with van der Waals surface area (Å²) < 4.78 is 0. The molecule has 0 bridgehead atoms. The molecule has 0 spiro atoms. The minimum absolute atomic E-state index is 0.833. The molecule has 0 aliphatic carbocycles. The van der Waals surface area contributed by atoms with Crippen molar-refractivity contribution in [1.82, 2.24) is 4.90 Å². The molecule has 1 heterocycles. The summed E-state index contributed by atoms with van der Waals surface area (Å²) in [5.74, 6) is 2.39. The number of aryl methyl sites for hydroxylation is 2. The molecule has 0 unspecified atom stereocenters. The molecule has 1 aliphatic heterocycles. The zero-order valence-corrected chi connectivity index (χ0v) is 15.8. The van der Waals surface area contributed by atoms with Crippen LogP contribution in [-0.2, 0) is 6.42 Å². The summed E-state index contributed by atoms with van der Waals surface area (Å²) in [7, 11) is 0. The Morgan fingerprint density at radius 1 is 1.08 bits per heavy atom. The van der Waals surface area contributed by atoms with Crippen molar-refractivity contribution in [2.75, 3.05) is 24.6 Å². The molecule has 4 heteroatoms. The van der Waals surface area contributed by atoms with E-state index in [1.807, 2.05) is 36.3 Å². The van der Waals surface area contributed by atoms with E-state index in [4.69, 9.17) is 16.6 Å². The Bertz CT molecular complexity index is 736. The van der Waals surface area contributed by atoms with E-state index in [1.54, 1.807) is 0 Å². The Labute approximate surface area is 153 Å². The predicted octanol–water partition coefficient (Wildman–Crippen LogP) is 5.26. The van der Waals surface area contributed by atoms with Crippen LogP contribution in [0, 0.1) is 13.8 Å². The predicted molar refractivity (Wildman–Crippen MR) is 107 cm³/mol. The smallest absolute Gasteiger partial charge is 0.0912 e. The van der Waals surface area contributed by atoms with E-state index >= 15 is 0 Å². The summed E-state index contributed by atoms with van der Waals surface area (Å²) in [6.07, 6.45) is 2.87. The van der Waals surface area contributed by atoms with E-state index in [0.717, 1.165) is 30.2 Å². The van der Waals surface area contributed by atoms with Crippen LogP contribution < -0.4 is 0 Å². The first-order valence-electron chi connectivity index (χ1n) is 8.33. The molecule has 2 aromatic rings. The Morgan fingerprint density at radius 2 is 1.83 bits per heavy atom. The van der Waals surface area contributed by atoms with Gasteiger partial charge in [0, 0.05) is 29.6 Å². The lowest BCUT2D eigenvalue weighted by atomic mass is 9.97. The summed E-state index contributed by atoms with van der Waals surface area (Å²) in [4.78, 5) is 7.03. The fourth-order valence-electron chi connectivity index (χ4n) is 2.87. The Morgan fingerprint density at radius 3 is 2.58 bits per heavy atom. The largest absolute Gasteiger partial charge is 0.361 e. The minimum atomic E-state index is 0.833. The Kier molecular flexibility index (Phi) is 5.85. The zero-order chi connectivity index (χ0) is 16.9. The monoisotopic (exact) mass is 358 g/mol. The van der Waals surface area contributed by atoms with Crippen molar-refractivity contribution in [1.29, 1.82) is 0 Å². The van der Waals surface area contributed by atoms with Crippen molar-refractivity contribution in [3.05, 3.63) is 63.7 Å². The average molecular weight is 359 g/mol. The zero-order valence-electron chi connectivity index (χ0n) is 14.3. The van der Waals surface area contributed by atoms with Gasteiger partial charge in [-0.2, -0.15) is 11.8 Å². The summed E-state index contributed by atoms with van der Waals surface area (Å²) in [6.45, 7) is 6.48. The lowest BCUT2D eigenvalue weighted by Gasteiger charge is -2.23. The summed E-state index contributed by atoms with van der Waals surface area (Å²) >= 11 is 8.32. The van der Waals surface area contributed by atoms with E-state index in [2.05, 4.69) is 36.9 Å². The van der Waals surface area contributed by atoms with Crippen molar-refractivity contribution < 1.29 is 0 Å². The third kappa shape index (κ3) is 4.34. The Balaban J connectivity index is 1.78. The number of halogens is 1. The van der Waals surface area contributed by atoms with Gasteiger partial charge in [-0.15, -0.1) is 0 Å². The van der Waals surface area contributed by atoms with Gasteiger partial charge in [0.2, 0.25) is 0 Å². The Hall–Kier alpha value is -1.45. The van der Waals surface area contributed by atoms with Crippen LogP contribution in [-0.4, -0.2) is 35.8 Å². The minimum Gasteiger partial charge on any atom is -0.361 e. The van der Waals surface area contributed by atoms with Crippen LogP contribution in [0.4, 0.5) is 5.69 Å². The molecule has 1 saturated heterocycles. The van der Waals surface area contributed by atoms with Crippen LogP contribution in [0.15, 0.2) is 41.4 Å². The number of hydrogen-bond donors (Lipinski definition) is 0. The number of nitrogens with zero attached hydrogens (tertiary/aromatic N) is 2. The van der Waals surface area contributed by atoms with Crippen molar-refractivity contribution in [3.8, 4) is 0 Å². The van der Waals surface area contributed by atoms with Crippen molar-refractivity contribution >= 4 is 35.4 Å². The molecular formula is C20H23ClN2S. The fraction of sp³-hybridized carbons (Fsp3) is 0.350. The highest BCUT2D eigenvalue weighted by atomic mass is 35.5. The van der Waals surface area contributed by atoms with Gasteiger partial charge in [0.05, 0.1) is 12.0 Å². The number of benzene rings is 2. The molecule has 0 N–H and O–H groups in total. The molecule has 0 amide bonds. The third-order valence-electron chi connectivity index (χ3n) is 4.40. The maximum absolute atomic E-state index is 6.30. The third-order valence-corrected chi connectivity index (χ3v) is 5.71. The van der Waals surface area contributed by atoms with Crippen LogP contribution in [0.5, 0.6) is 0 Å². The highest BCUT2D eigenvalue weighted by molar-refractivity contribution is 7.99. The van der Waals surface area contributed by atoms with Crippen LogP contribution in [0.3, 0.4) is 0 Å². The SMILES string of the molecule is Cc1cc(N=CN2CCSCC2)c(C)cc1Cc1ccccc1Cl. The first kappa shape index (κ1) is 17.4. The topological polar surface area (TPSA) is 15.6 Å². The normalized spacial score (nSPS) is 15.2. The van der Waals surface area contributed by atoms with E-state index in [0.29, 0.717) is 0 Å². The van der Waals surface area contributed by atoms with Gasteiger partial charge in [0.1, 0.15) is 0 Å². The molecule has 1 fully saturated rings. The fourth-order valence-corrected chi connectivity index (χ4v) is 4.01. The van der Waals surface area contributed by atoms with Crippen LogP contribution >= 0.6 is 23.4 Å². The number of rotatable bonds is 4. The second-order valence-corrected chi connectivity index (χ2v) is 7.86. The van der Waals surface area contributed by atoms with E-state index in [-0.39, 0.29) is 0 Å². The van der Waals surface area contributed by atoms with Gasteiger partial charge in [-0.05, 0) is 54.7 Å². The lowest BCUT2D eigenvalue weighted by molar-refractivity contribution is 0.477. The van der Waals surface area contributed by atoms with Gasteiger partial charge in [0.15, 0.2) is 0 Å². The number of hydrogen-bond acceptors (Lipinski definition) is 2. The van der Waals surface area contributed by atoms with Gasteiger partial charge in [-0.1, -0.05) is 35.9 Å². The molecular weight excluding hydrogens is 336 g/mol. The van der Waals surface area contributed by atoms with Crippen molar-refractivity contribution in [3.63, 3.8) is 0 Å². The maximum Gasteiger partial charge on any atom is 0.0912 e. The summed E-state index contributed by atoms with van der Waals surface area (Å²) in [5, 5.41) is 0.833. The number of thioether (sulfide) groups is 1. The van der Waals surface area contributed by atoms with E-state index < -0.39 is 0 Å². The highest BCUT2D eigenvalue weighted by Crippen LogP contribution is 2.27. The molecule has 0 atom stereocenters. The van der Waals surface area contributed by atoms with E-state index in [9.17, 15) is 0 Å². The van der Waals surface area contributed by atoms with Gasteiger partial charge in [-0.25, -0.2) is 4.99 Å². The van der Waals surface area contributed by atoms with Crippen molar-refractivity contribution in [2.45, 2.75) is 20.3 Å². The maximum atomic E-state index is 6.30. The van der Waals surface area contributed by atoms with E-state index in [1.165, 1.54) is 33.8 Å². The molecule has 1 aliphatic rings. The lowest BCUT2D eigenvalue weighted by Crippen LogP contribution is -2.31. The van der Waals surface area contributed by atoms with Gasteiger partial charge >= 0.3 is 0 Å². The molecule has 3 rings (SSSR count). The summed E-state index contributed by atoms with van der Waals surface area (Å²) in [5.41, 5.74) is 6.03. The molecule has 0 radical (unpaired) electrons. The molecule has 2 nitrogen and oxygen atoms in total. The molecule has 24 heavy (non-hydrogen) atoms. The standard InChI is InChI=1S/C20H23ClN2S/c1-15-12-20(22-14-23-7-9-24-10-8-23)16(2)11-18(15)13-17-5-3-4-6-19(17)21/h3-6,11-12,14H,7-10,13H2,1-2H3. The van der Waals surface area contributed by atoms with Crippen LogP contribution in [0.25, 0.3) is 0 Å². The van der Waals surface area contributed by atoms with Crippen molar-refractivity contribution in [2.24, 2.45) is 4.99 Å². The van der Waals surface area contributed by atoms with Gasteiger partial charge in [0.25, 0.3) is 0 Å². The quantitative estimate of drug-likeness (QED) is 0.547. The molecule has 2 aromatic carbocycles. The second kappa shape index (κ2) is 8.09. The first-order valence-corrected chi connectivity index (χ1v) is 9.86. The molecule has 126 valence electrons. The van der Waals surface area contributed by atoms with Gasteiger partial charge < -0.3 is 4.90 Å². The highest BCUT2D eigenvalue weighted by Gasteiger charge is 2.09. The van der Waals surface area contributed by atoms with Gasteiger partial charge in [-0.3, -0.25) is 0 Å². The average Bonchev–Trinajstić information content (AvgIpc) is 2.59. The van der Waals surface area contributed by atoms with Crippen LogP contribution in [0.1, 0.15) is 22.3 Å². The molecule has 0 saturated carbocycles. The second-order valence-electron chi connectivity index (χ2n) is 6.23. The summed E-state index contributed by atoms with van der Waals surface area (Å²) in [6, 6.07) is 12.5. The molecule has 0 aromatic heterocycles. The van der Waals surface area contributed by atoms with Crippen LogP contribution in [0.2, 0.25) is 5.02 Å². The first-order chi connectivity index (χ1) is 11.6. The number of aliphatic imine (C=N–C) groups is 1.